The van der Waals surface area contributed by atoms with E-state index < -0.39 is 10.5 Å². The summed E-state index contributed by atoms with van der Waals surface area (Å²) in [5, 5.41) is 11.9. The van der Waals surface area contributed by atoms with Crippen LogP contribution < -0.4 is 0 Å². The zero-order chi connectivity index (χ0) is 24.2. The van der Waals surface area contributed by atoms with Crippen LogP contribution in [0.15, 0.2) is 36.5 Å². The van der Waals surface area contributed by atoms with E-state index in [2.05, 4.69) is 21.8 Å². The number of pyridine rings is 1. The summed E-state index contributed by atoms with van der Waals surface area (Å²) in [6.07, 6.45) is 1.47. The SMILES string of the molecule is CCN(CCN(C)C(=O)OC(C)(C)C)Cc1cnc2sc(-c3ccccc3[N+](=O)[O-])nc2c1. The van der Waals surface area contributed by atoms with Crippen molar-refractivity contribution in [3.05, 3.63) is 52.2 Å². The number of ether oxygens (including phenoxy) is 1. The van der Waals surface area contributed by atoms with Crippen LogP contribution in [0.4, 0.5) is 10.5 Å². The number of carbonyl (C=O) groups excluding carboxylic acids is 1. The molecule has 33 heavy (non-hydrogen) atoms. The van der Waals surface area contributed by atoms with Crippen molar-refractivity contribution in [2.45, 2.75) is 39.8 Å². The highest BCUT2D eigenvalue weighted by Crippen LogP contribution is 2.34. The maximum atomic E-state index is 12.2. The molecule has 176 valence electrons. The Labute approximate surface area is 197 Å². The molecule has 0 saturated carbocycles. The summed E-state index contributed by atoms with van der Waals surface area (Å²) >= 11 is 1.34. The third kappa shape index (κ3) is 6.45. The second-order valence-corrected chi connectivity index (χ2v) is 9.71. The normalized spacial score (nSPS) is 11.7. The Morgan fingerprint density at radius 2 is 1.97 bits per heavy atom. The highest BCUT2D eigenvalue weighted by molar-refractivity contribution is 7.21. The molecule has 0 radical (unpaired) electrons. The van der Waals surface area contributed by atoms with Crippen molar-refractivity contribution in [1.82, 2.24) is 19.8 Å². The predicted octanol–water partition coefficient (Wildman–Crippen LogP) is 4.96. The summed E-state index contributed by atoms with van der Waals surface area (Å²) < 4.78 is 5.40. The summed E-state index contributed by atoms with van der Waals surface area (Å²) in [5.41, 5.74) is 1.70. The highest BCUT2D eigenvalue weighted by atomic mass is 32.1. The van der Waals surface area contributed by atoms with Crippen molar-refractivity contribution in [2.75, 3.05) is 26.7 Å². The average molecular weight is 472 g/mol. The quantitative estimate of drug-likeness (QED) is 0.338. The molecule has 1 amide bonds. The number of amides is 1. The van der Waals surface area contributed by atoms with Crippen molar-refractivity contribution in [3.8, 4) is 10.6 Å². The molecule has 2 aromatic heterocycles. The molecular formula is C23H29N5O4S. The van der Waals surface area contributed by atoms with Gasteiger partial charge in [-0.1, -0.05) is 30.4 Å². The lowest BCUT2D eigenvalue weighted by Crippen LogP contribution is -2.39. The second kappa shape index (κ2) is 10.2. The lowest BCUT2D eigenvalue weighted by molar-refractivity contribution is -0.384. The van der Waals surface area contributed by atoms with E-state index in [0.29, 0.717) is 35.7 Å². The molecule has 0 spiro atoms. The van der Waals surface area contributed by atoms with Gasteiger partial charge in [0.15, 0.2) is 0 Å². The van der Waals surface area contributed by atoms with Crippen LogP contribution in [0.25, 0.3) is 20.9 Å². The maximum Gasteiger partial charge on any atom is 0.410 e. The van der Waals surface area contributed by atoms with Gasteiger partial charge in [-0.25, -0.2) is 14.8 Å². The number of hydrogen-bond donors (Lipinski definition) is 0. The Morgan fingerprint density at radius 3 is 2.64 bits per heavy atom. The second-order valence-electron chi connectivity index (χ2n) is 8.73. The van der Waals surface area contributed by atoms with E-state index >= 15 is 0 Å². The van der Waals surface area contributed by atoms with Crippen molar-refractivity contribution in [2.24, 2.45) is 0 Å². The lowest BCUT2D eigenvalue weighted by Gasteiger charge is -2.27. The van der Waals surface area contributed by atoms with Crippen LogP contribution in [-0.2, 0) is 11.3 Å². The van der Waals surface area contributed by atoms with E-state index in [1.807, 2.05) is 33.0 Å². The van der Waals surface area contributed by atoms with E-state index in [0.717, 1.165) is 16.9 Å². The first-order valence-electron chi connectivity index (χ1n) is 10.7. The minimum absolute atomic E-state index is 0.0306. The van der Waals surface area contributed by atoms with Crippen molar-refractivity contribution >= 4 is 33.5 Å². The number of fused-ring (bicyclic) bond motifs is 1. The van der Waals surface area contributed by atoms with Crippen LogP contribution in [0, 0.1) is 10.1 Å². The van der Waals surface area contributed by atoms with Gasteiger partial charge in [-0.2, -0.15) is 0 Å². The van der Waals surface area contributed by atoms with Gasteiger partial charge in [0.25, 0.3) is 5.69 Å². The minimum atomic E-state index is -0.524. The van der Waals surface area contributed by atoms with Gasteiger partial charge in [-0.05, 0) is 45.0 Å². The monoisotopic (exact) mass is 471 g/mol. The Bertz CT molecular complexity index is 1140. The highest BCUT2D eigenvalue weighted by Gasteiger charge is 2.21. The zero-order valence-corrected chi connectivity index (χ0v) is 20.4. The summed E-state index contributed by atoms with van der Waals surface area (Å²) in [7, 11) is 1.73. The number of thiazole rings is 1. The van der Waals surface area contributed by atoms with Gasteiger partial charge in [-0.15, -0.1) is 0 Å². The predicted molar refractivity (Wildman–Crippen MR) is 129 cm³/mol. The Morgan fingerprint density at radius 1 is 1.24 bits per heavy atom. The first-order chi connectivity index (χ1) is 15.6. The van der Waals surface area contributed by atoms with E-state index in [4.69, 9.17) is 4.74 Å². The Hall–Kier alpha value is -3.11. The molecule has 3 rings (SSSR count). The minimum Gasteiger partial charge on any atom is -0.444 e. The smallest absolute Gasteiger partial charge is 0.410 e. The molecule has 10 heteroatoms. The number of para-hydroxylation sites is 1. The third-order valence-corrected chi connectivity index (χ3v) is 5.96. The Kier molecular flexibility index (Phi) is 7.60. The van der Waals surface area contributed by atoms with Crippen LogP contribution in [0.5, 0.6) is 0 Å². The van der Waals surface area contributed by atoms with Gasteiger partial charge >= 0.3 is 6.09 Å². The molecule has 0 N–H and O–H groups in total. The average Bonchev–Trinajstić information content (AvgIpc) is 3.18. The molecule has 1 aromatic carbocycles. The topological polar surface area (TPSA) is 102 Å². The van der Waals surface area contributed by atoms with Crippen LogP contribution in [0.3, 0.4) is 0 Å². The molecule has 0 aliphatic heterocycles. The molecule has 0 saturated heterocycles. The summed E-state index contributed by atoms with van der Waals surface area (Å²) in [4.78, 5) is 36.8. The number of benzene rings is 1. The number of aromatic nitrogens is 2. The number of likely N-dealkylation sites (N-methyl/N-ethyl adjacent to an activating group) is 2. The zero-order valence-electron chi connectivity index (χ0n) is 19.6. The molecule has 0 aliphatic carbocycles. The van der Waals surface area contributed by atoms with E-state index in [9.17, 15) is 14.9 Å². The van der Waals surface area contributed by atoms with Gasteiger partial charge in [0, 0.05) is 38.9 Å². The summed E-state index contributed by atoms with van der Waals surface area (Å²) in [5.74, 6) is 0. The number of rotatable bonds is 8. The molecule has 0 fully saturated rings. The fourth-order valence-corrected chi connectivity index (χ4v) is 4.13. The van der Waals surface area contributed by atoms with Gasteiger partial charge < -0.3 is 9.64 Å². The summed E-state index contributed by atoms with van der Waals surface area (Å²) in [6, 6.07) is 8.56. The molecule has 3 aromatic rings. The molecule has 0 atom stereocenters. The molecule has 0 bridgehead atoms. The van der Waals surface area contributed by atoms with Crippen molar-refractivity contribution in [1.29, 1.82) is 0 Å². The van der Waals surface area contributed by atoms with Crippen molar-refractivity contribution in [3.63, 3.8) is 0 Å². The van der Waals surface area contributed by atoms with E-state index in [-0.39, 0.29) is 11.8 Å². The molecule has 2 heterocycles. The number of nitro groups is 1. The first kappa shape index (κ1) is 24.5. The number of nitro benzene ring substituents is 1. The summed E-state index contributed by atoms with van der Waals surface area (Å²) in [6.45, 7) is 10.3. The van der Waals surface area contributed by atoms with Crippen LogP contribution >= 0.6 is 11.3 Å². The molecule has 0 unspecified atom stereocenters. The van der Waals surface area contributed by atoms with Crippen LogP contribution in [0.1, 0.15) is 33.3 Å². The van der Waals surface area contributed by atoms with Gasteiger partial charge in [0.2, 0.25) is 0 Å². The number of hydrogen-bond acceptors (Lipinski definition) is 8. The fourth-order valence-electron chi connectivity index (χ4n) is 3.21. The van der Waals surface area contributed by atoms with E-state index in [1.54, 1.807) is 30.1 Å². The molecule has 0 aliphatic rings. The lowest BCUT2D eigenvalue weighted by atomic mass is 10.2. The first-order valence-corrected chi connectivity index (χ1v) is 11.5. The van der Waals surface area contributed by atoms with Crippen LogP contribution in [-0.4, -0.2) is 63.1 Å². The largest absolute Gasteiger partial charge is 0.444 e. The maximum absolute atomic E-state index is 12.2. The third-order valence-electron chi connectivity index (χ3n) is 4.95. The van der Waals surface area contributed by atoms with Crippen molar-refractivity contribution < 1.29 is 14.5 Å². The van der Waals surface area contributed by atoms with E-state index in [1.165, 1.54) is 17.4 Å². The fraction of sp³-hybridized carbons (Fsp3) is 0.435. The van der Waals surface area contributed by atoms with Crippen LogP contribution in [0.2, 0.25) is 0 Å². The number of nitrogens with zero attached hydrogens (tertiary/aromatic N) is 5. The van der Waals surface area contributed by atoms with Gasteiger partial charge in [-0.3, -0.25) is 15.0 Å². The molecular weight excluding hydrogens is 442 g/mol. The van der Waals surface area contributed by atoms with Gasteiger partial charge in [0.1, 0.15) is 21.0 Å². The number of carbonyl (C=O) groups is 1. The van der Waals surface area contributed by atoms with Gasteiger partial charge in [0.05, 0.1) is 10.5 Å². The Balaban J connectivity index is 1.70. The standard InChI is InChI=1S/C23H29N5O4S/c1-6-27(12-11-26(5)22(29)32-23(2,3)4)15-16-13-18-21(24-14-16)33-20(25-18)17-9-7-8-10-19(17)28(30)31/h7-10,13-14H,6,11-12,15H2,1-5H3. The molecule has 9 nitrogen and oxygen atoms in total.